The van der Waals surface area contributed by atoms with Crippen molar-refractivity contribution in [3.05, 3.63) is 30.1 Å². The maximum atomic E-state index is 12.7. The Morgan fingerprint density at radius 2 is 1.94 bits per heavy atom. The van der Waals surface area contributed by atoms with Crippen molar-refractivity contribution in [3.8, 4) is 0 Å². The molecule has 0 heterocycles. The van der Waals surface area contributed by atoms with Gasteiger partial charge in [-0.25, -0.2) is 9.11 Å². The van der Waals surface area contributed by atoms with Gasteiger partial charge in [0.25, 0.3) is 0 Å². The molecule has 1 rings (SSSR count). The number of halogens is 1. The molecule has 1 aromatic carbocycles. The molecule has 0 radical (unpaired) electrons. The van der Waals surface area contributed by atoms with Gasteiger partial charge in [0, 0.05) is 6.61 Å². The molecule has 0 spiro atoms. The summed E-state index contributed by atoms with van der Waals surface area (Å²) in [6.07, 6.45) is 0.550. The highest BCUT2D eigenvalue weighted by Gasteiger charge is 2.20. The van der Waals surface area contributed by atoms with Crippen molar-refractivity contribution in [1.82, 2.24) is 4.72 Å². The van der Waals surface area contributed by atoms with Crippen molar-refractivity contribution in [2.45, 2.75) is 17.4 Å². The summed E-state index contributed by atoms with van der Waals surface area (Å²) in [5.74, 6) is -0.494. The quantitative estimate of drug-likeness (QED) is 0.582. The van der Waals surface area contributed by atoms with Crippen molar-refractivity contribution < 1.29 is 23.4 Å². The molecule has 17 heavy (non-hydrogen) atoms. The van der Waals surface area contributed by atoms with Crippen LogP contribution in [0.15, 0.2) is 29.2 Å². The van der Waals surface area contributed by atoms with Crippen LogP contribution >= 0.6 is 10.8 Å². The molecule has 0 aliphatic carbocycles. The highest BCUT2D eigenvalue weighted by molar-refractivity contribution is 8.22. The van der Waals surface area contributed by atoms with E-state index in [4.69, 9.17) is 5.11 Å². The molecule has 0 aliphatic heterocycles. The molecule has 0 saturated heterocycles. The van der Waals surface area contributed by atoms with Gasteiger partial charge in [-0.15, -0.1) is 10.8 Å². The topological polar surface area (TPSA) is 89.8 Å². The van der Waals surface area contributed by atoms with Crippen molar-refractivity contribution in [3.63, 3.8) is 0 Å². The molecule has 0 aromatic heterocycles. The minimum Gasteiger partial charge on any atom is -0.396 e. The third-order valence-electron chi connectivity index (χ3n) is 2.06. The van der Waals surface area contributed by atoms with Gasteiger partial charge < -0.3 is 9.90 Å². The molecule has 4 N–H and O–H groups in total. The first-order valence-corrected chi connectivity index (χ1v) is 6.41. The Bertz CT molecular complexity index is 371. The van der Waals surface area contributed by atoms with Gasteiger partial charge in [0.05, 0.1) is 10.9 Å². The summed E-state index contributed by atoms with van der Waals surface area (Å²) in [6.45, 7) is -0.255. The van der Waals surface area contributed by atoms with E-state index in [0.29, 0.717) is 6.29 Å². The van der Waals surface area contributed by atoms with Crippen molar-refractivity contribution in [2.24, 2.45) is 0 Å². The number of rotatable bonds is 6. The lowest BCUT2D eigenvalue weighted by Crippen LogP contribution is -2.34. The van der Waals surface area contributed by atoms with Gasteiger partial charge in [-0.2, -0.15) is 0 Å². The second-order valence-corrected chi connectivity index (χ2v) is 5.18. The number of carbonyl (C=O) groups excluding carboxylic acids is 1. The lowest BCUT2D eigenvalue weighted by Gasteiger charge is -2.35. The predicted octanol–water partition coefficient (Wildman–Crippen LogP) is 1.39. The van der Waals surface area contributed by atoms with E-state index >= 15 is 0 Å². The van der Waals surface area contributed by atoms with Gasteiger partial charge in [0.2, 0.25) is 0 Å². The van der Waals surface area contributed by atoms with Crippen molar-refractivity contribution >= 4 is 17.1 Å². The molecule has 7 heteroatoms. The SMILES string of the molecule is O=CC(CCO)NS(O)(O)c1ccc(F)cc1. The van der Waals surface area contributed by atoms with Gasteiger partial charge in [-0.3, -0.25) is 9.11 Å². The molecule has 0 aliphatic rings. The molecule has 1 unspecified atom stereocenters. The molecule has 0 bridgehead atoms. The Morgan fingerprint density at radius 3 is 2.41 bits per heavy atom. The number of benzene rings is 1. The predicted molar refractivity (Wildman–Crippen MR) is 62.2 cm³/mol. The van der Waals surface area contributed by atoms with Crippen LogP contribution in [-0.2, 0) is 4.79 Å². The Labute approximate surface area is 99.8 Å². The second-order valence-electron chi connectivity index (χ2n) is 3.38. The minimum atomic E-state index is -3.37. The maximum Gasteiger partial charge on any atom is 0.138 e. The van der Waals surface area contributed by atoms with Crippen LogP contribution in [0.25, 0.3) is 0 Å². The van der Waals surface area contributed by atoms with E-state index in [2.05, 4.69) is 4.72 Å². The summed E-state index contributed by atoms with van der Waals surface area (Å²) in [5, 5.41) is 8.67. The van der Waals surface area contributed by atoms with Gasteiger partial charge in [-0.05, 0) is 30.7 Å². The first-order valence-electron chi connectivity index (χ1n) is 4.87. The monoisotopic (exact) mass is 263 g/mol. The molecular formula is C10H14FNO4S. The van der Waals surface area contributed by atoms with Crippen LogP contribution in [-0.4, -0.2) is 33.1 Å². The van der Waals surface area contributed by atoms with Crippen LogP contribution in [0.5, 0.6) is 0 Å². The summed E-state index contributed by atoms with van der Waals surface area (Å²) in [5.41, 5.74) is 0. The van der Waals surface area contributed by atoms with Crippen LogP contribution < -0.4 is 4.72 Å². The average molecular weight is 263 g/mol. The largest absolute Gasteiger partial charge is 0.396 e. The van der Waals surface area contributed by atoms with E-state index in [1.807, 2.05) is 0 Å². The fraction of sp³-hybridized carbons (Fsp3) is 0.300. The average Bonchev–Trinajstić information content (AvgIpc) is 2.28. The van der Waals surface area contributed by atoms with Crippen LogP contribution in [0.3, 0.4) is 0 Å². The molecule has 1 aromatic rings. The first-order chi connectivity index (χ1) is 7.99. The summed E-state index contributed by atoms with van der Waals surface area (Å²) in [4.78, 5) is 10.7. The zero-order chi connectivity index (χ0) is 12.9. The Morgan fingerprint density at radius 1 is 1.35 bits per heavy atom. The Hall–Kier alpha value is -0.990. The van der Waals surface area contributed by atoms with Gasteiger partial charge in [0.15, 0.2) is 0 Å². The fourth-order valence-electron chi connectivity index (χ4n) is 1.20. The second kappa shape index (κ2) is 6.08. The highest BCUT2D eigenvalue weighted by atomic mass is 32.3. The lowest BCUT2D eigenvalue weighted by molar-refractivity contribution is -0.109. The summed E-state index contributed by atoms with van der Waals surface area (Å²) >= 11 is 0. The maximum absolute atomic E-state index is 12.7. The molecule has 5 nitrogen and oxygen atoms in total. The van der Waals surface area contributed by atoms with Gasteiger partial charge in [0.1, 0.15) is 12.1 Å². The van der Waals surface area contributed by atoms with Crippen LogP contribution in [0.1, 0.15) is 6.42 Å². The number of hydrogen-bond donors (Lipinski definition) is 4. The number of hydrogen-bond acceptors (Lipinski definition) is 5. The molecule has 96 valence electrons. The van der Waals surface area contributed by atoms with Crippen molar-refractivity contribution in [2.75, 3.05) is 6.61 Å². The van der Waals surface area contributed by atoms with E-state index in [9.17, 15) is 18.3 Å². The summed E-state index contributed by atoms with van der Waals surface area (Å²) < 4.78 is 34.5. The lowest BCUT2D eigenvalue weighted by atomic mass is 10.3. The van der Waals surface area contributed by atoms with E-state index in [-0.39, 0.29) is 17.9 Å². The summed E-state index contributed by atoms with van der Waals surface area (Å²) in [7, 11) is -3.37. The molecule has 1 atom stereocenters. The zero-order valence-corrected chi connectivity index (χ0v) is 9.73. The Balaban J connectivity index is 2.79. The van der Waals surface area contributed by atoms with E-state index in [1.165, 1.54) is 12.1 Å². The van der Waals surface area contributed by atoms with Gasteiger partial charge >= 0.3 is 0 Å². The van der Waals surface area contributed by atoms with Crippen LogP contribution in [0, 0.1) is 5.82 Å². The Kier molecular flexibility index (Phi) is 5.03. The van der Waals surface area contributed by atoms with E-state index in [1.54, 1.807) is 0 Å². The summed E-state index contributed by atoms with van der Waals surface area (Å²) in [6, 6.07) is 3.76. The van der Waals surface area contributed by atoms with E-state index < -0.39 is 22.6 Å². The molecule has 0 saturated carbocycles. The molecular weight excluding hydrogens is 249 g/mol. The van der Waals surface area contributed by atoms with E-state index in [0.717, 1.165) is 12.1 Å². The zero-order valence-electron chi connectivity index (χ0n) is 8.91. The molecule has 0 fully saturated rings. The molecule has 0 amide bonds. The third kappa shape index (κ3) is 4.06. The normalized spacial score (nSPS) is 14.4. The number of aliphatic hydroxyl groups is 1. The van der Waals surface area contributed by atoms with Gasteiger partial charge in [-0.1, -0.05) is 0 Å². The number of aldehydes is 1. The highest BCUT2D eigenvalue weighted by Crippen LogP contribution is 2.44. The fourth-order valence-corrected chi connectivity index (χ4v) is 2.44. The van der Waals surface area contributed by atoms with Crippen LogP contribution in [0.4, 0.5) is 4.39 Å². The number of nitrogens with one attached hydrogen (secondary N) is 1. The first kappa shape index (κ1) is 14.1. The smallest absolute Gasteiger partial charge is 0.138 e. The number of aliphatic hydroxyl groups excluding tert-OH is 1. The number of carbonyl (C=O) groups is 1. The minimum absolute atomic E-state index is 0.0700. The standard InChI is InChI=1S/C10H14FNO4S/c11-8-1-3-10(4-2-8)17(15,16)12-9(7-14)5-6-13/h1-4,7,9,12-13,15-16H,5-6H2. The van der Waals surface area contributed by atoms with Crippen molar-refractivity contribution in [1.29, 1.82) is 0 Å². The third-order valence-corrected chi connectivity index (χ3v) is 3.62. The van der Waals surface area contributed by atoms with Crippen LogP contribution in [0.2, 0.25) is 0 Å².